The molecule has 0 amide bonds. The first-order valence-electron chi connectivity index (χ1n) is 13.5. The summed E-state index contributed by atoms with van der Waals surface area (Å²) >= 11 is 0. The molecule has 0 aliphatic carbocycles. The van der Waals surface area contributed by atoms with Gasteiger partial charge in [0.1, 0.15) is 11.2 Å². The van der Waals surface area contributed by atoms with Gasteiger partial charge in [0.05, 0.1) is 0 Å². The monoisotopic (exact) mass is 481 g/mol. The second-order valence-electron chi connectivity index (χ2n) is 7.79. The number of para-hydroxylation sites is 4. The van der Waals surface area contributed by atoms with Crippen molar-refractivity contribution in [3.05, 3.63) is 96.1 Å². The summed E-state index contributed by atoms with van der Waals surface area (Å²) in [5.41, 5.74) is 7.17. The molecule has 0 aliphatic rings. The van der Waals surface area contributed by atoms with Crippen LogP contribution in [0.25, 0.3) is 43.7 Å². The predicted molar refractivity (Wildman–Crippen MR) is 162 cm³/mol. The van der Waals surface area contributed by atoms with Gasteiger partial charge in [0, 0.05) is 39.6 Å². The predicted octanol–water partition coefficient (Wildman–Crippen LogP) is 10.9. The van der Waals surface area contributed by atoms with Crippen molar-refractivity contribution < 1.29 is 4.42 Å². The summed E-state index contributed by atoms with van der Waals surface area (Å²) in [6.45, 7) is 16.3. The summed E-state index contributed by atoms with van der Waals surface area (Å²) in [5, 5.41) is 5.14. The third-order valence-electron chi connectivity index (χ3n) is 6.00. The van der Waals surface area contributed by atoms with Crippen LogP contribution in [0.2, 0.25) is 0 Å². The van der Waals surface area contributed by atoms with Gasteiger partial charge in [-0.2, -0.15) is 0 Å². The number of hydrogen-bond donors (Lipinski definition) is 0. The molecule has 0 atom stereocenters. The molecule has 0 fully saturated rings. The van der Waals surface area contributed by atoms with Gasteiger partial charge in [-0.05, 0) is 36.6 Å². The standard InChI is InChI=1S/C15H14O.C13H11N.3C2H6/c1-3-11-7-5-9-13-12-8-4-6-10(2)14(12)16-15(11)13;1-14-12-8-4-2-6-10(12)11-7-3-5-9-13(11)14;3*1-2/h4-9H,3H2,1-2H3;2-9H,1H3;3*1-2H3. The molecule has 190 valence electrons. The lowest BCUT2D eigenvalue weighted by atomic mass is 10.1. The van der Waals surface area contributed by atoms with Gasteiger partial charge in [-0.1, -0.05) is 121 Å². The highest BCUT2D eigenvalue weighted by Crippen LogP contribution is 2.32. The van der Waals surface area contributed by atoms with Crippen molar-refractivity contribution >= 4 is 43.7 Å². The Kier molecular flexibility index (Phi) is 11.3. The van der Waals surface area contributed by atoms with E-state index in [0.29, 0.717) is 0 Å². The molecule has 6 rings (SSSR count). The maximum absolute atomic E-state index is 6.01. The zero-order chi connectivity index (χ0) is 26.7. The van der Waals surface area contributed by atoms with Crippen LogP contribution < -0.4 is 0 Å². The third-order valence-corrected chi connectivity index (χ3v) is 6.00. The van der Waals surface area contributed by atoms with E-state index in [1.54, 1.807) is 0 Å². The molecule has 6 aromatic rings. The van der Waals surface area contributed by atoms with Crippen molar-refractivity contribution in [2.45, 2.75) is 61.8 Å². The van der Waals surface area contributed by atoms with Crippen molar-refractivity contribution in [1.82, 2.24) is 4.57 Å². The number of furan rings is 1. The second kappa shape index (κ2) is 14.1. The Labute approximate surface area is 217 Å². The van der Waals surface area contributed by atoms with Gasteiger partial charge in [0.25, 0.3) is 0 Å². The molecule has 0 radical (unpaired) electrons. The number of nitrogens with zero attached hydrogens (tertiary/aromatic N) is 1. The topological polar surface area (TPSA) is 18.1 Å². The van der Waals surface area contributed by atoms with Crippen LogP contribution in [0.3, 0.4) is 0 Å². The van der Waals surface area contributed by atoms with Crippen molar-refractivity contribution in [2.75, 3.05) is 0 Å². The average molecular weight is 482 g/mol. The van der Waals surface area contributed by atoms with Gasteiger partial charge in [0.15, 0.2) is 0 Å². The molecular formula is C34H43NO. The van der Waals surface area contributed by atoms with Gasteiger partial charge >= 0.3 is 0 Å². The van der Waals surface area contributed by atoms with Crippen LogP contribution in [0.5, 0.6) is 0 Å². The zero-order valence-corrected chi connectivity index (χ0v) is 23.6. The lowest BCUT2D eigenvalue weighted by Crippen LogP contribution is -1.84. The Balaban J connectivity index is 0.000000212. The maximum atomic E-state index is 6.01. The van der Waals surface area contributed by atoms with Gasteiger partial charge < -0.3 is 8.98 Å². The smallest absolute Gasteiger partial charge is 0.138 e. The number of aryl methyl sites for hydroxylation is 3. The second-order valence-corrected chi connectivity index (χ2v) is 7.79. The van der Waals surface area contributed by atoms with E-state index in [4.69, 9.17) is 4.42 Å². The van der Waals surface area contributed by atoms with Gasteiger partial charge in [-0.15, -0.1) is 0 Å². The van der Waals surface area contributed by atoms with Crippen molar-refractivity contribution in [3.63, 3.8) is 0 Å². The first-order chi connectivity index (χ1) is 17.7. The minimum Gasteiger partial charge on any atom is -0.455 e. The fourth-order valence-electron chi connectivity index (χ4n) is 4.42. The SMILES string of the molecule is CC.CC.CC.CCc1cccc2c1oc1c(C)cccc12.Cn1c2ccccc2c2ccccc21. The molecule has 2 heterocycles. The molecule has 0 saturated carbocycles. The minimum absolute atomic E-state index is 1.01. The van der Waals surface area contributed by atoms with E-state index in [9.17, 15) is 0 Å². The summed E-state index contributed by atoms with van der Waals surface area (Å²) in [6.07, 6.45) is 1.01. The van der Waals surface area contributed by atoms with Crippen LogP contribution in [-0.2, 0) is 13.5 Å². The summed E-state index contributed by atoms with van der Waals surface area (Å²) < 4.78 is 8.25. The fourth-order valence-corrected chi connectivity index (χ4v) is 4.42. The number of benzene rings is 4. The van der Waals surface area contributed by atoms with Crippen LogP contribution in [0.1, 0.15) is 59.6 Å². The molecule has 0 saturated heterocycles. The van der Waals surface area contributed by atoms with Crippen LogP contribution in [0.15, 0.2) is 89.3 Å². The first-order valence-corrected chi connectivity index (χ1v) is 13.5. The largest absolute Gasteiger partial charge is 0.455 e. The Bertz CT molecular complexity index is 1450. The normalized spacial score (nSPS) is 9.92. The summed E-state index contributed by atoms with van der Waals surface area (Å²) in [6, 6.07) is 29.7. The van der Waals surface area contributed by atoms with Crippen LogP contribution in [0.4, 0.5) is 0 Å². The van der Waals surface area contributed by atoms with Crippen molar-refractivity contribution in [3.8, 4) is 0 Å². The molecule has 2 nitrogen and oxygen atoms in total. The number of hydrogen-bond acceptors (Lipinski definition) is 1. The Morgan fingerprint density at radius 1 is 0.556 bits per heavy atom. The molecule has 0 bridgehead atoms. The third kappa shape index (κ3) is 5.65. The Hall–Kier alpha value is -3.52. The van der Waals surface area contributed by atoms with E-state index in [0.717, 1.165) is 17.6 Å². The minimum atomic E-state index is 1.01. The number of aromatic nitrogens is 1. The summed E-state index contributed by atoms with van der Waals surface area (Å²) in [5.74, 6) is 0. The molecule has 0 aliphatic heterocycles. The van der Waals surface area contributed by atoms with Crippen molar-refractivity contribution in [2.24, 2.45) is 7.05 Å². The van der Waals surface area contributed by atoms with Crippen molar-refractivity contribution in [1.29, 1.82) is 0 Å². The van der Waals surface area contributed by atoms with Gasteiger partial charge in [-0.25, -0.2) is 0 Å². The lowest BCUT2D eigenvalue weighted by Gasteiger charge is -1.95. The van der Waals surface area contributed by atoms with Gasteiger partial charge in [0.2, 0.25) is 0 Å². The van der Waals surface area contributed by atoms with E-state index < -0.39 is 0 Å². The van der Waals surface area contributed by atoms with E-state index in [2.05, 4.69) is 110 Å². The Morgan fingerprint density at radius 3 is 1.53 bits per heavy atom. The quantitative estimate of drug-likeness (QED) is 0.228. The van der Waals surface area contributed by atoms with Gasteiger partial charge in [-0.3, -0.25) is 0 Å². The number of fused-ring (bicyclic) bond motifs is 6. The highest BCUT2D eigenvalue weighted by atomic mass is 16.3. The highest BCUT2D eigenvalue weighted by molar-refractivity contribution is 6.08. The highest BCUT2D eigenvalue weighted by Gasteiger charge is 2.10. The number of rotatable bonds is 1. The van der Waals surface area contributed by atoms with E-state index in [1.807, 2.05) is 41.5 Å². The molecule has 2 aromatic heterocycles. The fraction of sp³-hybridized carbons (Fsp3) is 0.294. The molecule has 0 N–H and O–H groups in total. The summed E-state index contributed by atoms with van der Waals surface area (Å²) in [7, 11) is 2.12. The summed E-state index contributed by atoms with van der Waals surface area (Å²) in [4.78, 5) is 0. The zero-order valence-electron chi connectivity index (χ0n) is 23.6. The first kappa shape index (κ1) is 28.7. The van der Waals surface area contributed by atoms with Crippen LogP contribution >= 0.6 is 0 Å². The maximum Gasteiger partial charge on any atom is 0.138 e. The molecular weight excluding hydrogens is 438 g/mol. The lowest BCUT2D eigenvalue weighted by molar-refractivity contribution is 0.660. The van der Waals surface area contributed by atoms with Crippen LogP contribution in [-0.4, -0.2) is 4.57 Å². The average Bonchev–Trinajstić information content (AvgIpc) is 3.49. The molecule has 2 heteroatoms. The molecule has 36 heavy (non-hydrogen) atoms. The van der Waals surface area contributed by atoms with E-state index in [1.165, 1.54) is 43.7 Å². The van der Waals surface area contributed by atoms with E-state index in [-0.39, 0.29) is 0 Å². The Morgan fingerprint density at radius 2 is 1.00 bits per heavy atom. The van der Waals surface area contributed by atoms with Crippen LogP contribution in [0, 0.1) is 6.92 Å². The molecule has 4 aromatic carbocycles. The molecule has 0 unspecified atom stereocenters. The van der Waals surface area contributed by atoms with E-state index >= 15 is 0 Å². The molecule has 0 spiro atoms.